The van der Waals surface area contributed by atoms with Crippen molar-refractivity contribution >= 4 is 28.9 Å². The van der Waals surface area contributed by atoms with Crippen LogP contribution in [-0.2, 0) is 17.9 Å². The predicted octanol–water partition coefficient (Wildman–Crippen LogP) is 2.84. The number of hydrogen-bond donors (Lipinski definition) is 1. The number of rotatable bonds is 7. The van der Waals surface area contributed by atoms with Crippen LogP contribution in [0.15, 0.2) is 24.4 Å². The van der Waals surface area contributed by atoms with Gasteiger partial charge in [-0.05, 0) is 33.0 Å². The first-order valence-corrected chi connectivity index (χ1v) is 8.13. The number of nitrogens with one attached hydrogen (secondary N) is 1. The molecule has 1 N–H and O–H groups in total. The van der Waals surface area contributed by atoms with Crippen LogP contribution in [0, 0.1) is 17.0 Å². The Labute approximate surface area is 150 Å². The van der Waals surface area contributed by atoms with Crippen LogP contribution in [0.4, 0.5) is 11.4 Å². The number of carbonyl (C=O) groups excluding carboxylic acids is 1. The molecule has 2 aromatic rings. The van der Waals surface area contributed by atoms with Gasteiger partial charge in [0.05, 0.1) is 17.7 Å². The lowest BCUT2D eigenvalue weighted by atomic mass is 10.2. The van der Waals surface area contributed by atoms with Gasteiger partial charge in [0.25, 0.3) is 5.69 Å². The van der Waals surface area contributed by atoms with Crippen molar-refractivity contribution in [3.05, 3.63) is 50.8 Å². The van der Waals surface area contributed by atoms with Gasteiger partial charge in [0.2, 0.25) is 5.91 Å². The van der Waals surface area contributed by atoms with Gasteiger partial charge in [-0.25, -0.2) is 0 Å². The van der Waals surface area contributed by atoms with Crippen LogP contribution in [0.2, 0.25) is 5.02 Å². The van der Waals surface area contributed by atoms with Gasteiger partial charge in [-0.3, -0.25) is 24.5 Å². The quantitative estimate of drug-likeness (QED) is 0.601. The molecule has 0 bridgehead atoms. The summed E-state index contributed by atoms with van der Waals surface area (Å²) in [5.74, 6) is -0.264. The van der Waals surface area contributed by atoms with E-state index in [0.717, 1.165) is 17.8 Å². The van der Waals surface area contributed by atoms with Crippen LogP contribution in [-0.4, -0.2) is 39.1 Å². The van der Waals surface area contributed by atoms with E-state index in [-0.39, 0.29) is 23.2 Å². The Bertz CT molecular complexity index is 790. The van der Waals surface area contributed by atoms with E-state index in [1.807, 2.05) is 30.5 Å². The third-order valence-corrected chi connectivity index (χ3v) is 4.10. The number of aromatic nitrogens is 2. The lowest BCUT2D eigenvalue weighted by Gasteiger charge is -2.16. The van der Waals surface area contributed by atoms with Crippen molar-refractivity contribution in [2.45, 2.75) is 26.9 Å². The molecule has 0 aliphatic rings. The van der Waals surface area contributed by atoms with Crippen LogP contribution in [0.1, 0.15) is 18.2 Å². The van der Waals surface area contributed by atoms with Gasteiger partial charge in [-0.15, -0.1) is 0 Å². The number of benzene rings is 1. The smallest absolute Gasteiger partial charge is 0.289 e. The molecule has 25 heavy (non-hydrogen) atoms. The Morgan fingerprint density at radius 2 is 2.20 bits per heavy atom. The summed E-state index contributed by atoms with van der Waals surface area (Å²) in [5, 5.41) is 17.9. The normalized spacial score (nSPS) is 10.9. The second-order valence-electron chi connectivity index (χ2n) is 5.71. The third-order valence-electron chi connectivity index (χ3n) is 3.78. The lowest BCUT2D eigenvalue weighted by molar-refractivity contribution is -0.384. The number of hydrogen-bond acceptors (Lipinski definition) is 5. The topological polar surface area (TPSA) is 93.3 Å². The minimum atomic E-state index is -0.585. The molecule has 0 fully saturated rings. The monoisotopic (exact) mass is 365 g/mol. The average Bonchev–Trinajstić information content (AvgIpc) is 2.89. The van der Waals surface area contributed by atoms with E-state index in [2.05, 4.69) is 10.4 Å². The van der Waals surface area contributed by atoms with Crippen molar-refractivity contribution in [2.24, 2.45) is 0 Å². The highest BCUT2D eigenvalue weighted by Crippen LogP contribution is 2.27. The zero-order chi connectivity index (χ0) is 18.6. The fourth-order valence-electron chi connectivity index (χ4n) is 2.48. The maximum atomic E-state index is 12.1. The van der Waals surface area contributed by atoms with Crippen LogP contribution >= 0.6 is 11.6 Å². The summed E-state index contributed by atoms with van der Waals surface area (Å²) in [4.78, 5) is 24.3. The summed E-state index contributed by atoms with van der Waals surface area (Å²) in [6.45, 7) is 5.54. The van der Waals surface area contributed by atoms with Crippen LogP contribution < -0.4 is 5.32 Å². The Balaban J connectivity index is 1.96. The molecule has 0 aliphatic heterocycles. The second-order valence-corrected chi connectivity index (χ2v) is 6.12. The van der Waals surface area contributed by atoms with Gasteiger partial charge < -0.3 is 5.32 Å². The molecular formula is C16H20ClN5O3. The Hall–Kier alpha value is -2.45. The molecule has 0 atom stereocenters. The van der Waals surface area contributed by atoms with E-state index in [9.17, 15) is 14.9 Å². The highest BCUT2D eigenvalue weighted by atomic mass is 35.5. The average molecular weight is 366 g/mol. The molecular weight excluding hydrogens is 346 g/mol. The number of carbonyl (C=O) groups is 1. The number of aryl methyl sites for hydroxylation is 1. The van der Waals surface area contributed by atoms with Gasteiger partial charge >= 0.3 is 0 Å². The van der Waals surface area contributed by atoms with Crippen molar-refractivity contribution < 1.29 is 9.72 Å². The minimum Gasteiger partial charge on any atom is -0.325 e. The maximum absolute atomic E-state index is 12.1. The highest BCUT2D eigenvalue weighted by molar-refractivity contribution is 6.32. The number of likely N-dealkylation sites (N-methyl/N-ethyl adjacent to an activating group) is 1. The molecule has 9 heteroatoms. The van der Waals surface area contributed by atoms with Crippen molar-refractivity contribution in [3.8, 4) is 0 Å². The first kappa shape index (κ1) is 18.9. The zero-order valence-electron chi connectivity index (χ0n) is 14.3. The molecule has 1 amide bonds. The molecule has 1 aromatic carbocycles. The van der Waals surface area contributed by atoms with Crippen molar-refractivity contribution in [1.29, 1.82) is 0 Å². The standard InChI is InChI=1S/C16H20ClN5O3/c1-4-21-11(2)12(8-18-21)9-20(3)10-16(23)19-13-5-6-14(17)15(7-13)22(24)25/h5-8H,4,9-10H2,1-3H3,(H,19,23). The van der Waals surface area contributed by atoms with Gasteiger partial charge in [-0.2, -0.15) is 5.10 Å². The third kappa shape index (κ3) is 4.77. The summed E-state index contributed by atoms with van der Waals surface area (Å²) in [6.07, 6.45) is 1.80. The molecule has 2 rings (SSSR count). The Morgan fingerprint density at radius 1 is 1.48 bits per heavy atom. The molecule has 8 nitrogen and oxygen atoms in total. The molecule has 0 unspecified atom stereocenters. The summed E-state index contributed by atoms with van der Waals surface area (Å²) in [7, 11) is 1.83. The second kappa shape index (κ2) is 8.09. The number of halogens is 1. The summed E-state index contributed by atoms with van der Waals surface area (Å²) in [6, 6.07) is 4.17. The predicted molar refractivity (Wildman–Crippen MR) is 95.7 cm³/mol. The van der Waals surface area contributed by atoms with E-state index in [1.54, 1.807) is 6.20 Å². The van der Waals surface area contributed by atoms with Crippen LogP contribution in [0.5, 0.6) is 0 Å². The zero-order valence-corrected chi connectivity index (χ0v) is 15.1. The van der Waals surface area contributed by atoms with E-state index in [1.165, 1.54) is 18.2 Å². The van der Waals surface area contributed by atoms with Gasteiger partial charge in [-0.1, -0.05) is 11.6 Å². The Kier molecular flexibility index (Phi) is 6.11. The van der Waals surface area contributed by atoms with E-state index < -0.39 is 4.92 Å². The van der Waals surface area contributed by atoms with Crippen molar-refractivity contribution in [1.82, 2.24) is 14.7 Å². The summed E-state index contributed by atoms with van der Waals surface area (Å²) >= 11 is 5.76. The van der Waals surface area contributed by atoms with E-state index in [0.29, 0.717) is 12.2 Å². The highest BCUT2D eigenvalue weighted by Gasteiger charge is 2.15. The fourth-order valence-corrected chi connectivity index (χ4v) is 2.67. The largest absolute Gasteiger partial charge is 0.325 e. The van der Waals surface area contributed by atoms with Crippen molar-refractivity contribution in [2.75, 3.05) is 18.9 Å². The SMILES string of the molecule is CCn1ncc(CN(C)CC(=O)Nc2ccc(Cl)c([N+](=O)[O-])c2)c1C. The molecule has 0 radical (unpaired) electrons. The summed E-state index contributed by atoms with van der Waals surface area (Å²) < 4.78 is 1.90. The van der Waals surface area contributed by atoms with Crippen LogP contribution in [0.25, 0.3) is 0 Å². The molecule has 0 spiro atoms. The fraction of sp³-hybridized carbons (Fsp3) is 0.375. The maximum Gasteiger partial charge on any atom is 0.289 e. The first-order valence-electron chi connectivity index (χ1n) is 7.75. The molecule has 0 saturated heterocycles. The number of nitrogens with zero attached hydrogens (tertiary/aromatic N) is 4. The Morgan fingerprint density at radius 3 is 2.80 bits per heavy atom. The van der Waals surface area contributed by atoms with Gasteiger partial charge in [0, 0.05) is 36.1 Å². The molecule has 0 aliphatic carbocycles. The van der Waals surface area contributed by atoms with Crippen molar-refractivity contribution in [3.63, 3.8) is 0 Å². The minimum absolute atomic E-state index is 0.0310. The van der Waals surface area contributed by atoms with Crippen LogP contribution in [0.3, 0.4) is 0 Å². The van der Waals surface area contributed by atoms with Gasteiger partial charge in [0.15, 0.2) is 0 Å². The van der Waals surface area contributed by atoms with E-state index in [4.69, 9.17) is 11.6 Å². The molecule has 0 saturated carbocycles. The number of nitro benzene ring substituents is 1. The number of anilines is 1. The first-order chi connectivity index (χ1) is 11.8. The van der Waals surface area contributed by atoms with E-state index >= 15 is 0 Å². The summed E-state index contributed by atoms with van der Waals surface area (Å²) in [5.41, 5.74) is 2.22. The lowest BCUT2D eigenvalue weighted by Crippen LogP contribution is -2.30. The van der Waals surface area contributed by atoms with Gasteiger partial charge in [0.1, 0.15) is 5.02 Å². The number of nitro groups is 1. The molecule has 1 aromatic heterocycles. The number of amides is 1. The molecule has 134 valence electrons. The molecule has 1 heterocycles.